The van der Waals surface area contributed by atoms with Crippen LogP contribution in [0.1, 0.15) is 22.3 Å². The van der Waals surface area contributed by atoms with Gasteiger partial charge in [0.25, 0.3) is 0 Å². The number of H-pyrrole nitrogens is 3. The average molecular weight is 588 g/mol. The first-order valence-corrected chi connectivity index (χ1v) is 14.9. The van der Waals surface area contributed by atoms with Gasteiger partial charge in [0.2, 0.25) is 0 Å². The molecule has 0 amide bonds. The van der Waals surface area contributed by atoms with Crippen molar-refractivity contribution in [2.75, 3.05) is 25.0 Å². The van der Waals surface area contributed by atoms with Gasteiger partial charge in [-0.05, 0) is 98.0 Å². The van der Waals surface area contributed by atoms with Crippen molar-refractivity contribution in [3.05, 3.63) is 126 Å². The number of aromatic amines is 3. The fraction of sp³-hybridized carbons (Fsp3) is 0.189. The molecule has 0 radical (unpaired) electrons. The van der Waals surface area contributed by atoms with Gasteiger partial charge in [-0.25, -0.2) is 0 Å². The number of nitrogens with one attached hydrogen (secondary N) is 3. The predicted octanol–water partition coefficient (Wildman–Crippen LogP) is 7.71. The van der Waals surface area contributed by atoms with Crippen LogP contribution >= 0.6 is 0 Å². The molecule has 0 fully saturated rings. The van der Waals surface area contributed by atoms with E-state index < -0.39 is 0 Å². The van der Waals surface area contributed by atoms with Crippen molar-refractivity contribution in [3.8, 4) is 11.5 Å². The molecular formula is C37H41N5O2. The van der Waals surface area contributed by atoms with Gasteiger partial charge in [0.15, 0.2) is 0 Å². The molecule has 7 nitrogen and oxygen atoms in total. The molecular weight excluding hydrogens is 546 g/mol. The highest BCUT2D eigenvalue weighted by atomic mass is 16.3. The zero-order valence-electron chi connectivity index (χ0n) is 25.6. The van der Waals surface area contributed by atoms with Crippen LogP contribution in [0.15, 0.2) is 104 Å². The van der Waals surface area contributed by atoms with Gasteiger partial charge in [-0.3, -0.25) is 0 Å². The Balaban J connectivity index is 0.000000142. The number of para-hydroxylation sites is 2. The van der Waals surface area contributed by atoms with Gasteiger partial charge < -0.3 is 35.8 Å². The van der Waals surface area contributed by atoms with Crippen molar-refractivity contribution in [2.24, 2.45) is 5.73 Å². The van der Waals surface area contributed by atoms with Gasteiger partial charge in [0.05, 0.1) is 0 Å². The molecule has 7 N–H and O–H groups in total. The summed E-state index contributed by atoms with van der Waals surface area (Å²) in [5, 5.41) is 22.7. The van der Waals surface area contributed by atoms with Crippen molar-refractivity contribution in [1.29, 1.82) is 0 Å². The molecule has 0 aliphatic heterocycles. The number of nitrogens with two attached hydrogens (primary N) is 1. The van der Waals surface area contributed by atoms with Crippen LogP contribution in [0.5, 0.6) is 11.5 Å². The predicted molar refractivity (Wildman–Crippen MR) is 184 cm³/mol. The molecule has 3 heterocycles. The van der Waals surface area contributed by atoms with E-state index in [0.717, 1.165) is 52.3 Å². The Labute approximate surface area is 258 Å². The van der Waals surface area contributed by atoms with Crippen LogP contribution in [0.25, 0.3) is 32.7 Å². The third-order valence-corrected chi connectivity index (χ3v) is 7.97. The Kier molecular flexibility index (Phi) is 9.57. The highest BCUT2D eigenvalue weighted by Gasteiger charge is 2.10. The fourth-order valence-corrected chi connectivity index (χ4v) is 5.58. The van der Waals surface area contributed by atoms with E-state index in [0.29, 0.717) is 18.0 Å². The number of phenols is 2. The first kappa shape index (κ1) is 30.3. The third-order valence-electron chi connectivity index (χ3n) is 7.97. The number of rotatable bonds is 6. The number of aromatic nitrogens is 3. The van der Waals surface area contributed by atoms with E-state index in [-0.39, 0.29) is 0 Å². The van der Waals surface area contributed by atoms with E-state index in [1.54, 1.807) is 18.2 Å². The Morgan fingerprint density at radius 3 is 2.14 bits per heavy atom. The summed E-state index contributed by atoms with van der Waals surface area (Å²) in [5.74, 6) is 0.646. The maximum Gasteiger partial charge on any atom is 0.125 e. The minimum Gasteiger partial charge on any atom is -0.508 e. The summed E-state index contributed by atoms with van der Waals surface area (Å²) < 4.78 is 0. The van der Waals surface area contributed by atoms with Crippen LogP contribution in [0, 0.1) is 13.8 Å². The zero-order valence-corrected chi connectivity index (χ0v) is 25.6. The van der Waals surface area contributed by atoms with Crippen molar-refractivity contribution in [3.63, 3.8) is 0 Å². The normalized spacial score (nSPS) is 10.8. The SMILES string of the molecule is Cc1c[nH]c2ccccc12.Cc1ccccc1N(C)CCc1c[nH]c2cccc(O)c12.NCCc1c[nH]c2ccc(O)cc12. The number of hydrogen-bond donors (Lipinski definition) is 6. The maximum absolute atomic E-state index is 10.0. The van der Waals surface area contributed by atoms with E-state index in [1.807, 2.05) is 42.9 Å². The smallest absolute Gasteiger partial charge is 0.125 e. The van der Waals surface area contributed by atoms with Crippen LogP contribution < -0.4 is 10.6 Å². The van der Waals surface area contributed by atoms with Crippen molar-refractivity contribution in [2.45, 2.75) is 26.7 Å². The standard InChI is InChI=1S/C18H20N2O.C10H12N2O.C9H9N/c1-13-6-3-4-8-16(13)20(2)11-10-14-12-19-15-7-5-9-17(21)18(14)15;11-4-3-7-6-12-10-2-1-8(13)5-9(7)10;1-7-6-10-9-5-3-2-4-8(7)9/h3-9,12,19,21H,10-11H2,1-2H3;1-2,5-6,12-13H,3-4,11H2;2-6,10H,1H3. The average Bonchev–Trinajstić information content (AvgIpc) is 3.75. The largest absolute Gasteiger partial charge is 0.508 e. The summed E-state index contributed by atoms with van der Waals surface area (Å²) in [4.78, 5) is 11.8. The number of likely N-dealkylation sites (N-methyl/N-ethyl adjacent to an activating group) is 1. The number of phenolic OH excluding ortho intramolecular Hbond substituents is 2. The lowest BCUT2D eigenvalue weighted by molar-refractivity contribution is 0.476. The second-order valence-corrected chi connectivity index (χ2v) is 11.1. The Morgan fingerprint density at radius 2 is 1.34 bits per heavy atom. The highest BCUT2D eigenvalue weighted by Crippen LogP contribution is 2.28. The summed E-state index contributed by atoms with van der Waals surface area (Å²) >= 11 is 0. The molecule has 0 bridgehead atoms. The number of aromatic hydroxyl groups is 2. The molecule has 0 saturated heterocycles. The summed E-state index contributed by atoms with van der Waals surface area (Å²) in [7, 11) is 2.11. The van der Waals surface area contributed by atoms with Crippen molar-refractivity contribution >= 4 is 38.4 Å². The molecule has 7 aromatic rings. The molecule has 44 heavy (non-hydrogen) atoms. The number of hydrogen-bond acceptors (Lipinski definition) is 4. The molecule has 0 aliphatic carbocycles. The molecule has 4 aromatic carbocycles. The van der Waals surface area contributed by atoms with Crippen LogP contribution in [0.2, 0.25) is 0 Å². The number of anilines is 1. The number of nitrogens with zero attached hydrogens (tertiary/aromatic N) is 1. The number of fused-ring (bicyclic) bond motifs is 3. The third kappa shape index (κ3) is 6.90. The minimum atomic E-state index is 0.297. The molecule has 0 atom stereocenters. The van der Waals surface area contributed by atoms with E-state index in [4.69, 9.17) is 5.73 Å². The first-order chi connectivity index (χ1) is 21.4. The lowest BCUT2D eigenvalue weighted by Crippen LogP contribution is -2.20. The summed E-state index contributed by atoms with van der Waals surface area (Å²) in [6.07, 6.45) is 7.70. The molecule has 0 unspecified atom stereocenters. The van der Waals surface area contributed by atoms with Gasteiger partial charge >= 0.3 is 0 Å². The summed E-state index contributed by atoms with van der Waals surface area (Å²) in [6.45, 7) is 5.77. The Bertz CT molecular complexity index is 1970. The lowest BCUT2D eigenvalue weighted by Gasteiger charge is -2.21. The van der Waals surface area contributed by atoms with Crippen molar-refractivity contribution in [1.82, 2.24) is 15.0 Å². The summed E-state index contributed by atoms with van der Waals surface area (Å²) in [5.41, 5.74) is 14.9. The van der Waals surface area contributed by atoms with Crippen LogP contribution in [-0.2, 0) is 12.8 Å². The lowest BCUT2D eigenvalue weighted by atomic mass is 10.1. The van der Waals surface area contributed by atoms with Crippen LogP contribution in [0.4, 0.5) is 5.69 Å². The first-order valence-electron chi connectivity index (χ1n) is 14.9. The van der Waals surface area contributed by atoms with Gasteiger partial charge in [-0.2, -0.15) is 0 Å². The van der Waals surface area contributed by atoms with Gasteiger partial charge in [-0.1, -0.05) is 42.5 Å². The fourth-order valence-electron chi connectivity index (χ4n) is 5.58. The van der Waals surface area contributed by atoms with Crippen LogP contribution in [0.3, 0.4) is 0 Å². The van der Waals surface area contributed by atoms with Crippen LogP contribution in [-0.4, -0.2) is 45.3 Å². The van der Waals surface area contributed by atoms with E-state index in [9.17, 15) is 10.2 Å². The second-order valence-electron chi connectivity index (χ2n) is 11.1. The zero-order chi connectivity index (χ0) is 31.1. The number of aryl methyl sites for hydroxylation is 2. The molecule has 7 rings (SSSR count). The van der Waals surface area contributed by atoms with Gasteiger partial charge in [-0.15, -0.1) is 0 Å². The quantitative estimate of drug-likeness (QED) is 0.119. The van der Waals surface area contributed by atoms with Gasteiger partial charge in [0.1, 0.15) is 11.5 Å². The maximum atomic E-state index is 10.0. The topological polar surface area (TPSA) is 117 Å². The molecule has 0 saturated carbocycles. The van der Waals surface area contributed by atoms with E-state index in [2.05, 4.69) is 83.2 Å². The molecule has 0 aliphatic rings. The van der Waals surface area contributed by atoms with E-state index in [1.165, 1.54) is 27.7 Å². The molecule has 0 spiro atoms. The minimum absolute atomic E-state index is 0.297. The van der Waals surface area contributed by atoms with E-state index >= 15 is 0 Å². The Hall–Kier alpha value is -5.14. The molecule has 3 aromatic heterocycles. The monoisotopic (exact) mass is 587 g/mol. The van der Waals surface area contributed by atoms with Crippen molar-refractivity contribution < 1.29 is 10.2 Å². The highest BCUT2D eigenvalue weighted by molar-refractivity contribution is 5.89. The molecule has 7 heteroatoms. The van der Waals surface area contributed by atoms with Gasteiger partial charge in [0, 0.05) is 70.6 Å². The number of benzene rings is 4. The molecule has 226 valence electrons. The summed E-state index contributed by atoms with van der Waals surface area (Å²) in [6, 6.07) is 27.6. The second kappa shape index (κ2) is 13.9. The Morgan fingerprint density at radius 1 is 0.659 bits per heavy atom.